The number of carboxylic acid groups (broad SMARTS) is 1. The van der Waals surface area contributed by atoms with Gasteiger partial charge >= 0.3 is 11.9 Å². The Bertz CT molecular complexity index is 397. The predicted octanol–water partition coefficient (Wildman–Crippen LogP) is 1.88. The molecule has 0 atom stereocenters. The van der Waals surface area contributed by atoms with Gasteiger partial charge in [-0.2, -0.15) is 4.89 Å². The van der Waals surface area contributed by atoms with E-state index in [2.05, 4.69) is 9.78 Å². The van der Waals surface area contributed by atoms with E-state index in [1.807, 2.05) is 0 Å². The van der Waals surface area contributed by atoms with Crippen molar-refractivity contribution >= 4 is 11.9 Å². The van der Waals surface area contributed by atoms with Crippen LogP contribution < -0.4 is 0 Å². The van der Waals surface area contributed by atoms with Crippen LogP contribution in [0.1, 0.15) is 34.6 Å². The van der Waals surface area contributed by atoms with E-state index < -0.39 is 11.9 Å². The van der Waals surface area contributed by atoms with Gasteiger partial charge in [-0.05, 0) is 32.0 Å². The molecular formula is C11H12O5. The molecule has 0 aliphatic heterocycles. The second-order valence-corrected chi connectivity index (χ2v) is 3.40. The molecule has 0 radical (unpaired) electrons. The van der Waals surface area contributed by atoms with Crippen molar-refractivity contribution in [2.75, 3.05) is 0 Å². The molecule has 0 fully saturated rings. The Labute approximate surface area is 92.5 Å². The van der Waals surface area contributed by atoms with E-state index >= 15 is 0 Å². The van der Waals surface area contributed by atoms with Gasteiger partial charge in [0.05, 0.1) is 17.2 Å². The molecule has 0 aliphatic carbocycles. The predicted molar refractivity (Wildman–Crippen MR) is 55.0 cm³/mol. The first-order chi connectivity index (χ1) is 7.50. The summed E-state index contributed by atoms with van der Waals surface area (Å²) in [6.07, 6.45) is -0.244. The number of hydrogen-bond donors (Lipinski definition) is 1. The third kappa shape index (κ3) is 3.36. The first-order valence-electron chi connectivity index (χ1n) is 4.71. The summed E-state index contributed by atoms with van der Waals surface area (Å²) in [5.41, 5.74) is 0.166. The van der Waals surface area contributed by atoms with Crippen LogP contribution in [0, 0.1) is 0 Å². The minimum atomic E-state index is -1.10. The van der Waals surface area contributed by atoms with Gasteiger partial charge in [-0.25, -0.2) is 9.59 Å². The standard InChI is InChI=1S/C11H12O5/c1-7(2)15-16-11(14)9-5-3-4-8(6-9)10(12)13/h3-7H,1-2H3,(H,12,13). The highest BCUT2D eigenvalue weighted by atomic mass is 17.2. The highest BCUT2D eigenvalue weighted by Crippen LogP contribution is 2.07. The first-order valence-corrected chi connectivity index (χ1v) is 4.71. The summed E-state index contributed by atoms with van der Waals surface area (Å²) in [4.78, 5) is 31.2. The van der Waals surface area contributed by atoms with Crippen LogP contribution in [0.5, 0.6) is 0 Å². The molecule has 0 bridgehead atoms. The third-order valence-corrected chi connectivity index (χ3v) is 1.66. The van der Waals surface area contributed by atoms with Gasteiger partial charge in [0.25, 0.3) is 0 Å². The molecule has 5 heteroatoms. The topological polar surface area (TPSA) is 72.8 Å². The average Bonchev–Trinajstić information content (AvgIpc) is 2.26. The van der Waals surface area contributed by atoms with E-state index in [-0.39, 0.29) is 17.2 Å². The van der Waals surface area contributed by atoms with E-state index in [1.54, 1.807) is 13.8 Å². The Morgan fingerprint density at radius 2 is 1.88 bits per heavy atom. The zero-order valence-electron chi connectivity index (χ0n) is 8.97. The largest absolute Gasteiger partial charge is 0.478 e. The van der Waals surface area contributed by atoms with E-state index in [0.29, 0.717) is 0 Å². The summed E-state index contributed by atoms with van der Waals surface area (Å²) in [6, 6.07) is 5.55. The number of benzene rings is 1. The maximum Gasteiger partial charge on any atom is 0.373 e. The lowest BCUT2D eigenvalue weighted by Gasteiger charge is -2.06. The van der Waals surface area contributed by atoms with Crippen LogP contribution >= 0.6 is 0 Å². The Kier molecular flexibility index (Phi) is 4.02. The van der Waals surface area contributed by atoms with E-state index in [0.717, 1.165) is 0 Å². The molecule has 86 valence electrons. The number of aromatic carboxylic acids is 1. The lowest BCUT2D eigenvalue weighted by molar-refractivity contribution is -0.265. The van der Waals surface area contributed by atoms with E-state index in [4.69, 9.17) is 5.11 Å². The fraction of sp³-hybridized carbons (Fsp3) is 0.273. The Morgan fingerprint density at radius 3 is 2.44 bits per heavy atom. The first kappa shape index (κ1) is 12.2. The van der Waals surface area contributed by atoms with Crippen molar-refractivity contribution in [1.82, 2.24) is 0 Å². The molecule has 1 aromatic rings. The van der Waals surface area contributed by atoms with Crippen molar-refractivity contribution in [3.05, 3.63) is 35.4 Å². The fourth-order valence-corrected chi connectivity index (χ4v) is 0.967. The van der Waals surface area contributed by atoms with Gasteiger partial charge < -0.3 is 5.11 Å². The number of carbonyl (C=O) groups is 2. The summed E-state index contributed by atoms with van der Waals surface area (Å²) in [7, 11) is 0. The molecule has 0 saturated carbocycles. The second-order valence-electron chi connectivity index (χ2n) is 3.40. The molecule has 1 rings (SSSR count). The van der Waals surface area contributed by atoms with Gasteiger partial charge in [-0.3, -0.25) is 4.89 Å². The Hall–Kier alpha value is -1.88. The van der Waals surface area contributed by atoms with Gasteiger partial charge in [0.1, 0.15) is 0 Å². The summed E-state index contributed by atoms with van der Waals surface area (Å²) in [6.45, 7) is 3.42. The van der Waals surface area contributed by atoms with Gasteiger partial charge in [0.2, 0.25) is 0 Å². The van der Waals surface area contributed by atoms with Crippen molar-refractivity contribution in [2.45, 2.75) is 20.0 Å². The quantitative estimate of drug-likeness (QED) is 0.624. The highest BCUT2D eigenvalue weighted by Gasteiger charge is 2.12. The maximum atomic E-state index is 11.4. The molecular weight excluding hydrogens is 212 g/mol. The Morgan fingerprint density at radius 1 is 1.25 bits per heavy atom. The molecule has 1 N–H and O–H groups in total. The van der Waals surface area contributed by atoms with Gasteiger partial charge in [-0.15, -0.1) is 0 Å². The number of carboxylic acids is 1. The van der Waals surface area contributed by atoms with Crippen molar-refractivity contribution in [3.8, 4) is 0 Å². The Balaban J connectivity index is 2.76. The summed E-state index contributed by atoms with van der Waals surface area (Å²) >= 11 is 0. The summed E-state index contributed by atoms with van der Waals surface area (Å²) < 4.78 is 0. The summed E-state index contributed by atoms with van der Waals surface area (Å²) in [5.74, 6) is -1.81. The molecule has 0 aromatic heterocycles. The normalized spacial score (nSPS) is 10.2. The average molecular weight is 224 g/mol. The number of hydrogen-bond acceptors (Lipinski definition) is 4. The molecule has 0 aliphatic rings. The van der Waals surface area contributed by atoms with Gasteiger partial charge in [-0.1, -0.05) is 6.07 Å². The van der Waals surface area contributed by atoms with Crippen LogP contribution in [0.4, 0.5) is 0 Å². The molecule has 0 saturated heterocycles. The van der Waals surface area contributed by atoms with E-state index in [1.165, 1.54) is 24.3 Å². The zero-order valence-corrected chi connectivity index (χ0v) is 8.97. The third-order valence-electron chi connectivity index (χ3n) is 1.66. The lowest BCUT2D eigenvalue weighted by atomic mass is 10.1. The molecule has 0 heterocycles. The smallest absolute Gasteiger partial charge is 0.373 e. The van der Waals surface area contributed by atoms with Crippen LogP contribution in [0.3, 0.4) is 0 Å². The molecule has 5 nitrogen and oxygen atoms in total. The van der Waals surface area contributed by atoms with E-state index in [9.17, 15) is 9.59 Å². The van der Waals surface area contributed by atoms with Gasteiger partial charge in [0, 0.05) is 0 Å². The van der Waals surface area contributed by atoms with Gasteiger partial charge in [0.15, 0.2) is 0 Å². The second kappa shape index (κ2) is 5.27. The van der Waals surface area contributed by atoms with Crippen LogP contribution in [0.15, 0.2) is 24.3 Å². The maximum absolute atomic E-state index is 11.4. The number of rotatable bonds is 4. The molecule has 16 heavy (non-hydrogen) atoms. The van der Waals surface area contributed by atoms with Crippen molar-refractivity contribution < 1.29 is 24.5 Å². The molecule has 0 spiro atoms. The summed E-state index contributed by atoms with van der Waals surface area (Å²) in [5, 5.41) is 8.73. The highest BCUT2D eigenvalue weighted by molar-refractivity contribution is 5.94. The molecule has 0 unspecified atom stereocenters. The van der Waals surface area contributed by atoms with Crippen LogP contribution in [-0.2, 0) is 9.78 Å². The van der Waals surface area contributed by atoms with Crippen molar-refractivity contribution in [2.24, 2.45) is 0 Å². The molecule has 1 aromatic carbocycles. The minimum Gasteiger partial charge on any atom is -0.478 e. The van der Waals surface area contributed by atoms with Crippen LogP contribution in [0.25, 0.3) is 0 Å². The fourth-order valence-electron chi connectivity index (χ4n) is 0.967. The minimum absolute atomic E-state index is 0.0268. The lowest BCUT2D eigenvalue weighted by Crippen LogP contribution is -2.11. The van der Waals surface area contributed by atoms with Crippen molar-refractivity contribution in [1.29, 1.82) is 0 Å². The van der Waals surface area contributed by atoms with Crippen LogP contribution in [-0.4, -0.2) is 23.1 Å². The molecule has 0 amide bonds. The zero-order chi connectivity index (χ0) is 12.1. The monoisotopic (exact) mass is 224 g/mol. The SMILES string of the molecule is CC(C)OOC(=O)c1cccc(C(=O)O)c1. The number of carbonyl (C=O) groups excluding carboxylic acids is 1. The van der Waals surface area contributed by atoms with Crippen LogP contribution in [0.2, 0.25) is 0 Å². The van der Waals surface area contributed by atoms with Crippen molar-refractivity contribution in [3.63, 3.8) is 0 Å².